The minimum atomic E-state index is -0.846. The van der Waals surface area contributed by atoms with Crippen molar-refractivity contribution in [3.05, 3.63) is 65.5 Å². The number of hydrogen-bond acceptors (Lipinski definition) is 3. The zero-order chi connectivity index (χ0) is 14.5. The first-order valence-corrected chi connectivity index (χ1v) is 6.58. The molecule has 0 saturated heterocycles. The summed E-state index contributed by atoms with van der Waals surface area (Å²) in [6, 6.07) is 14.7. The number of carbonyl (C=O) groups is 1. The highest BCUT2D eigenvalue weighted by Gasteiger charge is 2.22. The quantitative estimate of drug-likeness (QED) is 0.791. The molecule has 1 aromatic carbocycles. The number of hydrogen-bond donors (Lipinski definition) is 0. The minimum absolute atomic E-state index is 0.207. The summed E-state index contributed by atoms with van der Waals surface area (Å²) in [5.74, 6) is -0.635. The number of benzene rings is 1. The highest BCUT2D eigenvalue weighted by molar-refractivity contribution is 6.02. The van der Waals surface area contributed by atoms with E-state index in [1.807, 2.05) is 18.2 Å². The van der Waals surface area contributed by atoms with E-state index in [0.717, 1.165) is 0 Å². The van der Waals surface area contributed by atoms with Crippen LogP contribution in [0.15, 0.2) is 48.7 Å². The van der Waals surface area contributed by atoms with Gasteiger partial charge in [-0.1, -0.05) is 44.2 Å². The van der Waals surface area contributed by atoms with Gasteiger partial charge in [0, 0.05) is 11.8 Å². The summed E-state index contributed by atoms with van der Waals surface area (Å²) in [7, 11) is 0. The predicted molar refractivity (Wildman–Crippen MR) is 77.5 cm³/mol. The molecule has 3 heteroatoms. The number of Topliss-reactive ketones (excluding diaryl/α,β-unsaturated/α-hetero) is 1. The zero-order valence-electron chi connectivity index (χ0n) is 11.6. The van der Waals surface area contributed by atoms with Crippen molar-refractivity contribution in [2.45, 2.75) is 25.7 Å². The summed E-state index contributed by atoms with van der Waals surface area (Å²) in [5, 5.41) is 9.24. The molecular weight excluding hydrogens is 248 g/mol. The van der Waals surface area contributed by atoms with E-state index < -0.39 is 5.92 Å². The molecule has 0 amide bonds. The van der Waals surface area contributed by atoms with Crippen molar-refractivity contribution in [2.24, 2.45) is 0 Å². The monoisotopic (exact) mass is 264 g/mol. The summed E-state index contributed by atoms with van der Waals surface area (Å²) >= 11 is 0. The third-order valence-corrected chi connectivity index (χ3v) is 3.24. The fourth-order valence-electron chi connectivity index (χ4n) is 2.00. The van der Waals surface area contributed by atoms with E-state index in [2.05, 4.69) is 18.8 Å². The van der Waals surface area contributed by atoms with Crippen LogP contribution in [0, 0.1) is 11.3 Å². The van der Waals surface area contributed by atoms with Crippen LogP contribution in [-0.2, 0) is 0 Å². The maximum Gasteiger partial charge on any atom is 0.186 e. The van der Waals surface area contributed by atoms with Crippen LogP contribution in [0.4, 0.5) is 0 Å². The van der Waals surface area contributed by atoms with E-state index in [1.165, 1.54) is 5.56 Å². The van der Waals surface area contributed by atoms with Crippen molar-refractivity contribution in [1.29, 1.82) is 5.26 Å². The second kappa shape index (κ2) is 6.12. The van der Waals surface area contributed by atoms with Crippen LogP contribution < -0.4 is 0 Å². The minimum Gasteiger partial charge on any atom is -0.292 e. The molecule has 0 radical (unpaired) electrons. The van der Waals surface area contributed by atoms with Gasteiger partial charge in [-0.25, -0.2) is 0 Å². The number of carbonyl (C=O) groups excluding carboxylic acids is 1. The molecule has 100 valence electrons. The SMILES string of the molecule is CC(C)c1ccc(C(=O)C(C#N)c2ccccn2)cc1. The summed E-state index contributed by atoms with van der Waals surface area (Å²) in [6.45, 7) is 4.20. The van der Waals surface area contributed by atoms with Crippen LogP contribution >= 0.6 is 0 Å². The molecule has 0 bridgehead atoms. The van der Waals surface area contributed by atoms with E-state index in [9.17, 15) is 10.1 Å². The van der Waals surface area contributed by atoms with Gasteiger partial charge in [-0.3, -0.25) is 9.78 Å². The van der Waals surface area contributed by atoms with Gasteiger partial charge in [0.25, 0.3) is 0 Å². The van der Waals surface area contributed by atoms with Crippen LogP contribution in [0.2, 0.25) is 0 Å². The molecule has 0 aliphatic rings. The largest absolute Gasteiger partial charge is 0.292 e. The summed E-state index contributed by atoms with van der Waals surface area (Å²) in [6.07, 6.45) is 1.59. The average Bonchev–Trinajstić information content (AvgIpc) is 2.49. The Kier molecular flexibility index (Phi) is 4.27. The highest BCUT2D eigenvalue weighted by Crippen LogP contribution is 2.20. The third kappa shape index (κ3) is 2.92. The van der Waals surface area contributed by atoms with Crippen molar-refractivity contribution in [3.63, 3.8) is 0 Å². The van der Waals surface area contributed by atoms with Crippen LogP contribution in [0.3, 0.4) is 0 Å². The number of pyridine rings is 1. The van der Waals surface area contributed by atoms with Crippen molar-refractivity contribution in [2.75, 3.05) is 0 Å². The number of aromatic nitrogens is 1. The Hall–Kier alpha value is -2.47. The summed E-state index contributed by atoms with van der Waals surface area (Å²) in [4.78, 5) is 16.5. The fraction of sp³-hybridized carbons (Fsp3) is 0.235. The molecule has 0 aliphatic heterocycles. The van der Waals surface area contributed by atoms with Gasteiger partial charge < -0.3 is 0 Å². The van der Waals surface area contributed by atoms with E-state index >= 15 is 0 Å². The predicted octanol–water partition coefficient (Wildman–Crippen LogP) is 3.70. The lowest BCUT2D eigenvalue weighted by molar-refractivity contribution is 0.0977. The second-order valence-corrected chi connectivity index (χ2v) is 4.96. The smallest absolute Gasteiger partial charge is 0.186 e. The molecule has 0 N–H and O–H groups in total. The molecule has 0 saturated carbocycles. The van der Waals surface area contributed by atoms with Gasteiger partial charge in [-0.2, -0.15) is 5.26 Å². The summed E-state index contributed by atoms with van der Waals surface area (Å²) in [5.41, 5.74) is 2.22. The molecule has 2 aromatic rings. The lowest BCUT2D eigenvalue weighted by Crippen LogP contribution is -2.12. The van der Waals surface area contributed by atoms with E-state index in [0.29, 0.717) is 17.2 Å². The maximum atomic E-state index is 12.4. The van der Waals surface area contributed by atoms with Crippen LogP contribution in [0.1, 0.15) is 47.3 Å². The number of ketones is 1. The van der Waals surface area contributed by atoms with E-state index in [-0.39, 0.29) is 5.78 Å². The fourth-order valence-corrected chi connectivity index (χ4v) is 2.00. The molecule has 1 unspecified atom stereocenters. The first-order chi connectivity index (χ1) is 9.63. The number of rotatable bonds is 4. The first kappa shape index (κ1) is 14.0. The first-order valence-electron chi connectivity index (χ1n) is 6.58. The molecule has 0 fully saturated rings. The lowest BCUT2D eigenvalue weighted by atomic mass is 9.93. The standard InChI is InChI=1S/C17H16N2O/c1-12(2)13-6-8-14(9-7-13)17(20)15(11-18)16-5-3-4-10-19-16/h3-10,12,15H,1-2H3. The molecule has 20 heavy (non-hydrogen) atoms. The molecule has 0 spiro atoms. The van der Waals surface area contributed by atoms with Gasteiger partial charge in [0.15, 0.2) is 11.7 Å². The Morgan fingerprint density at radius 1 is 1.15 bits per heavy atom. The van der Waals surface area contributed by atoms with Gasteiger partial charge in [0.1, 0.15) is 0 Å². The Labute approximate surface area is 118 Å². The zero-order valence-corrected chi connectivity index (χ0v) is 11.6. The number of nitriles is 1. The Morgan fingerprint density at radius 2 is 1.85 bits per heavy atom. The highest BCUT2D eigenvalue weighted by atomic mass is 16.1. The second-order valence-electron chi connectivity index (χ2n) is 4.96. The Balaban J connectivity index is 2.28. The third-order valence-electron chi connectivity index (χ3n) is 3.24. The Bertz CT molecular complexity index is 624. The summed E-state index contributed by atoms with van der Waals surface area (Å²) < 4.78 is 0. The van der Waals surface area contributed by atoms with Crippen molar-refractivity contribution < 1.29 is 4.79 Å². The molecule has 1 aromatic heterocycles. The normalized spacial score (nSPS) is 11.9. The van der Waals surface area contributed by atoms with Crippen molar-refractivity contribution in [3.8, 4) is 6.07 Å². The Morgan fingerprint density at radius 3 is 2.35 bits per heavy atom. The molecule has 2 rings (SSSR count). The van der Waals surface area contributed by atoms with Gasteiger partial charge >= 0.3 is 0 Å². The van der Waals surface area contributed by atoms with E-state index in [1.54, 1.807) is 36.5 Å². The molecule has 0 aliphatic carbocycles. The molecule has 1 atom stereocenters. The molecule has 3 nitrogen and oxygen atoms in total. The van der Waals surface area contributed by atoms with Crippen LogP contribution in [-0.4, -0.2) is 10.8 Å². The van der Waals surface area contributed by atoms with Gasteiger partial charge in [-0.15, -0.1) is 0 Å². The maximum absolute atomic E-state index is 12.4. The van der Waals surface area contributed by atoms with Gasteiger partial charge in [0.2, 0.25) is 0 Å². The van der Waals surface area contributed by atoms with Gasteiger partial charge in [0.05, 0.1) is 11.8 Å². The average molecular weight is 264 g/mol. The van der Waals surface area contributed by atoms with Gasteiger partial charge in [-0.05, 0) is 23.6 Å². The van der Waals surface area contributed by atoms with Crippen LogP contribution in [0.5, 0.6) is 0 Å². The van der Waals surface area contributed by atoms with Crippen LogP contribution in [0.25, 0.3) is 0 Å². The molecule has 1 heterocycles. The van der Waals surface area contributed by atoms with Crippen molar-refractivity contribution in [1.82, 2.24) is 4.98 Å². The topological polar surface area (TPSA) is 53.8 Å². The molecular formula is C17H16N2O. The number of nitrogens with zero attached hydrogens (tertiary/aromatic N) is 2. The van der Waals surface area contributed by atoms with Crippen molar-refractivity contribution >= 4 is 5.78 Å². The van der Waals surface area contributed by atoms with E-state index in [4.69, 9.17) is 0 Å². The lowest BCUT2D eigenvalue weighted by Gasteiger charge is -2.09.